The number of rotatable bonds is 9. The van der Waals surface area contributed by atoms with Crippen LogP contribution in [0.25, 0.3) is 0 Å². The summed E-state index contributed by atoms with van der Waals surface area (Å²) in [4.78, 5) is 22.4. The molecule has 1 aromatic carbocycles. The summed E-state index contributed by atoms with van der Waals surface area (Å²) in [5.74, 6) is 0.305. The molecule has 5 heteroatoms. The van der Waals surface area contributed by atoms with Crippen molar-refractivity contribution < 1.29 is 23.8 Å². The van der Waals surface area contributed by atoms with Crippen LogP contribution in [0.1, 0.15) is 26.2 Å². The Bertz CT molecular complexity index is 424. The number of hydrogen-bond donors (Lipinski definition) is 0. The van der Waals surface area contributed by atoms with E-state index < -0.39 is 11.8 Å². The largest absolute Gasteiger partial charge is 0.497 e. The van der Waals surface area contributed by atoms with Crippen LogP contribution in [0.5, 0.6) is 11.5 Å². The third kappa shape index (κ3) is 5.73. The molecule has 0 heterocycles. The lowest BCUT2D eigenvalue weighted by Gasteiger charge is -2.06. The van der Waals surface area contributed by atoms with Gasteiger partial charge < -0.3 is 14.2 Å². The average Bonchev–Trinajstić information content (AvgIpc) is 2.47. The van der Waals surface area contributed by atoms with Gasteiger partial charge in [-0.1, -0.05) is 0 Å². The Kier molecular flexibility index (Phi) is 7.17. The van der Waals surface area contributed by atoms with Crippen LogP contribution in [0.3, 0.4) is 0 Å². The first-order chi connectivity index (χ1) is 9.67. The van der Waals surface area contributed by atoms with Gasteiger partial charge in [-0.3, -0.25) is 4.79 Å². The number of Topliss-reactive ketones (excluding diaryl/α,β-unsaturated/α-hetero) is 1. The number of hydrogen-bond acceptors (Lipinski definition) is 5. The molecule has 0 saturated carbocycles. The van der Waals surface area contributed by atoms with Gasteiger partial charge in [-0.05, 0) is 44.0 Å². The highest BCUT2D eigenvalue weighted by molar-refractivity contribution is 6.33. The van der Waals surface area contributed by atoms with E-state index in [-0.39, 0.29) is 13.0 Å². The molecule has 0 amide bonds. The summed E-state index contributed by atoms with van der Waals surface area (Å²) in [5, 5.41) is 0. The Morgan fingerprint density at radius 1 is 1.05 bits per heavy atom. The quantitative estimate of drug-likeness (QED) is 0.395. The van der Waals surface area contributed by atoms with Gasteiger partial charge in [0.15, 0.2) is 0 Å². The van der Waals surface area contributed by atoms with Crippen LogP contribution in [0.15, 0.2) is 24.3 Å². The van der Waals surface area contributed by atoms with Crippen molar-refractivity contribution in [2.75, 3.05) is 20.3 Å². The lowest BCUT2D eigenvalue weighted by Crippen LogP contribution is -2.17. The van der Waals surface area contributed by atoms with Crippen LogP contribution in [0, 0.1) is 0 Å². The number of unbranched alkanes of at least 4 members (excludes halogenated alkanes) is 1. The van der Waals surface area contributed by atoms with Gasteiger partial charge in [-0.15, -0.1) is 0 Å². The zero-order chi connectivity index (χ0) is 14.8. The highest BCUT2D eigenvalue weighted by atomic mass is 16.5. The lowest BCUT2D eigenvalue weighted by molar-refractivity contribution is -0.153. The Morgan fingerprint density at radius 2 is 1.70 bits per heavy atom. The first-order valence-electron chi connectivity index (χ1n) is 6.64. The van der Waals surface area contributed by atoms with Crippen molar-refractivity contribution in [1.29, 1.82) is 0 Å². The van der Waals surface area contributed by atoms with Gasteiger partial charge in [0, 0.05) is 6.42 Å². The van der Waals surface area contributed by atoms with Crippen molar-refractivity contribution >= 4 is 11.8 Å². The first kappa shape index (κ1) is 16.0. The van der Waals surface area contributed by atoms with E-state index in [0.717, 1.165) is 11.5 Å². The molecule has 0 radical (unpaired) electrons. The molecule has 0 saturated heterocycles. The Hall–Kier alpha value is -2.04. The maximum atomic E-state index is 11.3. The summed E-state index contributed by atoms with van der Waals surface area (Å²) >= 11 is 0. The topological polar surface area (TPSA) is 61.8 Å². The maximum absolute atomic E-state index is 11.3. The van der Waals surface area contributed by atoms with E-state index in [4.69, 9.17) is 9.47 Å². The Morgan fingerprint density at radius 3 is 2.30 bits per heavy atom. The lowest BCUT2D eigenvalue weighted by atomic mass is 10.2. The molecular formula is C15H20O5. The number of ether oxygens (including phenoxy) is 3. The second-order valence-corrected chi connectivity index (χ2v) is 4.12. The summed E-state index contributed by atoms with van der Waals surface area (Å²) in [6, 6.07) is 7.28. The van der Waals surface area contributed by atoms with Gasteiger partial charge in [-0.25, -0.2) is 4.79 Å². The van der Waals surface area contributed by atoms with Crippen molar-refractivity contribution in [3.8, 4) is 11.5 Å². The van der Waals surface area contributed by atoms with Gasteiger partial charge in [-0.2, -0.15) is 0 Å². The molecule has 110 valence electrons. The third-order valence-electron chi connectivity index (χ3n) is 2.63. The zero-order valence-corrected chi connectivity index (χ0v) is 11.9. The number of methoxy groups -OCH3 is 1. The van der Waals surface area contributed by atoms with Crippen molar-refractivity contribution in [2.45, 2.75) is 26.2 Å². The molecule has 1 rings (SSSR count). The zero-order valence-electron chi connectivity index (χ0n) is 11.9. The van der Waals surface area contributed by atoms with Crippen LogP contribution >= 0.6 is 0 Å². The van der Waals surface area contributed by atoms with Crippen molar-refractivity contribution in [2.24, 2.45) is 0 Å². The van der Waals surface area contributed by atoms with E-state index in [1.54, 1.807) is 14.0 Å². The fourth-order valence-electron chi connectivity index (χ4n) is 1.56. The molecule has 5 nitrogen and oxygen atoms in total. The minimum Gasteiger partial charge on any atom is -0.497 e. The summed E-state index contributed by atoms with van der Waals surface area (Å²) < 4.78 is 15.2. The SMILES string of the molecule is CCOC(=O)C(=O)CCCCOc1ccc(OC)cc1. The van der Waals surface area contributed by atoms with E-state index >= 15 is 0 Å². The predicted molar refractivity (Wildman–Crippen MR) is 74.0 cm³/mol. The number of ketones is 1. The highest BCUT2D eigenvalue weighted by Crippen LogP contribution is 2.17. The number of esters is 1. The second kappa shape index (κ2) is 8.96. The van der Waals surface area contributed by atoms with E-state index in [1.165, 1.54) is 0 Å². The summed E-state index contributed by atoms with van der Waals surface area (Å²) in [5.41, 5.74) is 0. The molecule has 0 bridgehead atoms. The van der Waals surface area contributed by atoms with E-state index in [1.807, 2.05) is 24.3 Å². The molecule has 0 unspecified atom stereocenters. The number of carbonyl (C=O) groups excluding carboxylic acids is 2. The minimum atomic E-state index is -0.747. The van der Waals surface area contributed by atoms with Crippen molar-refractivity contribution in [3.05, 3.63) is 24.3 Å². The third-order valence-corrected chi connectivity index (χ3v) is 2.63. The number of benzene rings is 1. The Labute approximate surface area is 118 Å². The van der Waals surface area contributed by atoms with Gasteiger partial charge in [0.1, 0.15) is 11.5 Å². The molecule has 0 atom stereocenters. The molecule has 0 fully saturated rings. The molecular weight excluding hydrogens is 260 g/mol. The molecule has 0 aliphatic carbocycles. The van der Waals surface area contributed by atoms with Crippen LogP contribution in [-0.2, 0) is 14.3 Å². The molecule has 0 aliphatic heterocycles. The molecule has 0 aliphatic rings. The Balaban J connectivity index is 2.15. The summed E-state index contributed by atoms with van der Waals surface area (Å²) in [6.07, 6.45) is 1.51. The van der Waals surface area contributed by atoms with Gasteiger partial charge in [0.05, 0.1) is 20.3 Å². The van der Waals surface area contributed by atoms with Gasteiger partial charge in [0.2, 0.25) is 5.78 Å². The molecule has 20 heavy (non-hydrogen) atoms. The minimum absolute atomic E-state index is 0.199. The predicted octanol–water partition coefficient (Wildman–Crippen LogP) is 2.38. The first-order valence-corrected chi connectivity index (χ1v) is 6.64. The maximum Gasteiger partial charge on any atom is 0.374 e. The van der Waals surface area contributed by atoms with Crippen molar-refractivity contribution in [1.82, 2.24) is 0 Å². The van der Waals surface area contributed by atoms with E-state index in [0.29, 0.717) is 19.4 Å². The van der Waals surface area contributed by atoms with Crippen molar-refractivity contribution in [3.63, 3.8) is 0 Å². The van der Waals surface area contributed by atoms with Crippen LogP contribution in [-0.4, -0.2) is 32.1 Å². The fourth-order valence-corrected chi connectivity index (χ4v) is 1.56. The standard InChI is InChI=1S/C15H20O5/c1-3-19-15(17)14(16)6-4-5-11-20-13-9-7-12(18-2)8-10-13/h7-10H,3-6,11H2,1-2H3. The highest BCUT2D eigenvalue weighted by Gasteiger charge is 2.13. The second-order valence-electron chi connectivity index (χ2n) is 4.12. The molecule has 0 aromatic heterocycles. The monoisotopic (exact) mass is 280 g/mol. The van der Waals surface area contributed by atoms with Gasteiger partial charge in [0.25, 0.3) is 0 Å². The van der Waals surface area contributed by atoms with Crippen LogP contribution < -0.4 is 9.47 Å². The summed E-state index contributed by atoms with van der Waals surface area (Å²) in [7, 11) is 1.61. The molecule has 1 aromatic rings. The fraction of sp³-hybridized carbons (Fsp3) is 0.467. The van der Waals surface area contributed by atoms with Gasteiger partial charge >= 0.3 is 5.97 Å². The smallest absolute Gasteiger partial charge is 0.374 e. The summed E-state index contributed by atoms with van der Waals surface area (Å²) in [6.45, 7) is 2.40. The average molecular weight is 280 g/mol. The van der Waals surface area contributed by atoms with E-state index in [9.17, 15) is 9.59 Å². The number of carbonyl (C=O) groups is 2. The normalized spacial score (nSPS) is 9.90. The molecule has 0 spiro atoms. The van der Waals surface area contributed by atoms with Crippen LogP contribution in [0.2, 0.25) is 0 Å². The van der Waals surface area contributed by atoms with Crippen LogP contribution in [0.4, 0.5) is 0 Å². The van der Waals surface area contributed by atoms with E-state index in [2.05, 4.69) is 4.74 Å². The molecule has 0 N–H and O–H groups in total.